The highest BCUT2D eigenvalue weighted by Gasteiger charge is 2.16. The van der Waals surface area contributed by atoms with Crippen molar-refractivity contribution in [3.63, 3.8) is 0 Å². The van der Waals surface area contributed by atoms with Gasteiger partial charge in [-0.05, 0) is 49.9 Å². The smallest absolute Gasteiger partial charge is 0.261 e. The monoisotopic (exact) mass is 393 g/mol. The molecule has 29 heavy (non-hydrogen) atoms. The largest absolute Gasteiger partial charge is 0.493 e. The maximum atomic E-state index is 12.5. The van der Waals surface area contributed by atoms with Gasteiger partial charge in [-0.2, -0.15) is 0 Å². The normalized spacial score (nSPS) is 11.9. The van der Waals surface area contributed by atoms with Crippen LogP contribution in [0.25, 0.3) is 10.8 Å². The van der Waals surface area contributed by atoms with E-state index in [9.17, 15) is 4.79 Å². The van der Waals surface area contributed by atoms with Crippen LogP contribution in [-0.4, -0.2) is 25.2 Å². The lowest BCUT2D eigenvalue weighted by atomic mass is 10.1. The first-order chi connectivity index (χ1) is 14.0. The van der Waals surface area contributed by atoms with Gasteiger partial charge in [-0.25, -0.2) is 0 Å². The summed E-state index contributed by atoms with van der Waals surface area (Å²) < 4.78 is 17.1. The number of nitrogens with one attached hydrogen (secondary N) is 1. The van der Waals surface area contributed by atoms with Gasteiger partial charge >= 0.3 is 0 Å². The van der Waals surface area contributed by atoms with E-state index in [0.29, 0.717) is 23.8 Å². The fraction of sp³-hybridized carbons (Fsp3) is 0.292. The fourth-order valence-electron chi connectivity index (χ4n) is 3.05. The molecule has 152 valence electrons. The Kier molecular flexibility index (Phi) is 6.60. The lowest BCUT2D eigenvalue weighted by Gasteiger charge is -2.17. The second-order valence-electron chi connectivity index (χ2n) is 7.11. The van der Waals surface area contributed by atoms with E-state index in [-0.39, 0.29) is 12.0 Å². The van der Waals surface area contributed by atoms with E-state index in [4.69, 9.17) is 14.2 Å². The predicted octanol–water partition coefficient (Wildman–Crippen LogP) is 4.72. The Balaban J connectivity index is 1.63. The second-order valence-corrected chi connectivity index (χ2v) is 7.11. The molecule has 0 unspecified atom stereocenters. The van der Waals surface area contributed by atoms with Gasteiger partial charge in [0, 0.05) is 11.9 Å². The molecule has 1 amide bonds. The van der Waals surface area contributed by atoms with Crippen LogP contribution < -0.4 is 19.5 Å². The minimum Gasteiger partial charge on any atom is -0.493 e. The van der Waals surface area contributed by atoms with Crippen molar-refractivity contribution in [2.24, 2.45) is 0 Å². The zero-order valence-electron chi connectivity index (χ0n) is 17.3. The third-order valence-corrected chi connectivity index (χ3v) is 4.48. The van der Waals surface area contributed by atoms with Crippen molar-refractivity contribution >= 4 is 16.7 Å². The van der Waals surface area contributed by atoms with Gasteiger partial charge in [0.15, 0.2) is 17.6 Å². The maximum absolute atomic E-state index is 12.5. The molecule has 5 nitrogen and oxygen atoms in total. The second kappa shape index (κ2) is 9.32. The Hall–Kier alpha value is -3.21. The Morgan fingerprint density at radius 2 is 1.66 bits per heavy atom. The van der Waals surface area contributed by atoms with Crippen LogP contribution in [-0.2, 0) is 11.3 Å². The van der Waals surface area contributed by atoms with Gasteiger partial charge in [-0.1, -0.05) is 42.5 Å². The molecule has 1 atom stereocenters. The van der Waals surface area contributed by atoms with Gasteiger partial charge in [0.05, 0.1) is 13.2 Å². The van der Waals surface area contributed by atoms with Crippen LogP contribution >= 0.6 is 0 Å². The van der Waals surface area contributed by atoms with Crippen LogP contribution in [0.5, 0.6) is 17.2 Å². The van der Waals surface area contributed by atoms with Gasteiger partial charge < -0.3 is 19.5 Å². The highest BCUT2D eigenvalue weighted by atomic mass is 16.5. The first kappa shape index (κ1) is 20.5. The molecule has 0 aliphatic rings. The summed E-state index contributed by atoms with van der Waals surface area (Å²) in [6.07, 6.45) is -0.562. The molecule has 0 spiro atoms. The number of carbonyl (C=O) groups is 1. The van der Waals surface area contributed by atoms with Gasteiger partial charge in [0.2, 0.25) is 0 Å². The first-order valence-corrected chi connectivity index (χ1v) is 9.73. The number of carbonyl (C=O) groups excluding carboxylic acids is 1. The highest BCUT2D eigenvalue weighted by molar-refractivity contribution is 5.89. The summed E-state index contributed by atoms with van der Waals surface area (Å²) in [5, 5.41) is 4.98. The average molecular weight is 393 g/mol. The quantitative estimate of drug-likeness (QED) is 0.602. The number of ether oxygens (including phenoxy) is 3. The molecular weight excluding hydrogens is 366 g/mol. The summed E-state index contributed by atoms with van der Waals surface area (Å²) in [4.78, 5) is 12.5. The minimum atomic E-state index is -0.619. The van der Waals surface area contributed by atoms with Gasteiger partial charge in [-0.3, -0.25) is 4.79 Å². The Morgan fingerprint density at radius 1 is 0.897 bits per heavy atom. The van der Waals surface area contributed by atoms with Crippen molar-refractivity contribution < 1.29 is 19.0 Å². The third-order valence-electron chi connectivity index (χ3n) is 4.48. The SMILES string of the molecule is COc1cc(CNC(=O)[C@@H](C)Oc2cccc3ccccc23)ccc1OC(C)C. The van der Waals surface area contributed by atoms with Gasteiger partial charge in [0.1, 0.15) is 5.75 Å². The van der Waals surface area contributed by atoms with E-state index in [1.807, 2.05) is 74.5 Å². The molecule has 5 heteroatoms. The van der Waals surface area contributed by atoms with Crippen molar-refractivity contribution in [1.82, 2.24) is 5.32 Å². The summed E-state index contributed by atoms with van der Waals surface area (Å²) in [5.41, 5.74) is 0.920. The highest BCUT2D eigenvalue weighted by Crippen LogP contribution is 2.29. The van der Waals surface area contributed by atoms with E-state index >= 15 is 0 Å². The van der Waals surface area contributed by atoms with E-state index < -0.39 is 6.10 Å². The van der Waals surface area contributed by atoms with Gasteiger partial charge in [-0.15, -0.1) is 0 Å². The van der Waals surface area contributed by atoms with Crippen LogP contribution in [0, 0.1) is 0 Å². The molecule has 0 aliphatic carbocycles. The number of amides is 1. The number of benzene rings is 3. The van der Waals surface area contributed by atoms with E-state index in [1.165, 1.54) is 0 Å². The van der Waals surface area contributed by atoms with Crippen LogP contribution in [0.3, 0.4) is 0 Å². The molecule has 0 saturated heterocycles. The van der Waals surface area contributed by atoms with Crippen LogP contribution in [0.1, 0.15) is 26.3 Å². The minimum absolute atomic E-state index is 0.0570. The molecule has 0 fully saturated rings. The Labute approximate surface area is 171 Å². The molecule has 1 N–H and O–H groups in total. The zero-order chi connectivity index (χ0) is 20.8. The number of fused-ring (bicyclic) bond motifs is 1. The summed E-state index contributed by atoms with van der Waals surface area (Å²) in [6, 6.07) is 19.4. The first-order valence-electron chi connectivity index (χ1n) is 9.73. The average Bonchev–Trinajstić information content (AvgIpc) is 2.72. The third kappa shape index (κ3) is 5.19. The number of hydrogen-bond donors (Lipinski definition) is 1. The molecule has 0 saturated carbocycles. The van der Waals surface area contributed by atoms with Crippen molar-refractivity contribution in [2.45, 2.75) is 39.5 Å². The van der Waals surface area contributed by atoms with Gasteiger partial charge in [0.25, 0.3) is 5.91 Å². The van der Waals surface area contributed by atoms with Crippen molar-refractivity contribution in [2.75, 3.05) is 7.11 Å². The zero-order valence-corrected chi connectivity index (χ0v) is 17.3. The molecule has 0 radical (unpaired) electrons. The lowest BCUT2D eigenvalue weighted by Crippen LogP contribution is -2.35. The number of hydrogen-bond acceptors (Lipinski definition) is 4. The Morgan fingerprint density at radius 3 is 2.41 bits per heavy atom. The molecular formula is C24H27NO4. The topological polar surface area (TPSA) is 56.8 Å². The maximum Gasteiger partial charge on any atom is 0.261 e. The molecule has 0 aliphatic heterocycles. The lowest BCUT2D eigenvalue weighted by molar-refractivity contribution is -0.127. The van der Waals surface area contributed by atoms with Crippen LogP contribution in [0.4, 0.5) is 0 Å². The van der Waals surface area contributed by atoms with E-state index in [2.05, 4.69) is 5.32 Å². The van der Waals surface area contributed by atoms with E-state index in [0.717, 1.165) is 16.3 Å². The molecule has 3 aromatic rings. The number of methoxy groups -OCH3 is 1. The Bertz CT molecular complexity index is 978. The summed E-state index contributed by atoms with van der Waals surface area (Å²) in [6.45, 7) is 6.05. The molecule has 0 heterocycles. The standard InChI is InChI=1S/C24H27NO4/c1-16(2)28-22-13-12-18(14-23(22)27-4)15-25-24(26)17(3)29-21-11-7-9-19-8-5-6-10-20(19)21/h5-14,16-17H,15H2,1-4H3,(H,25,26)/t17-/m1/s1. The molecule has 3 rings (SSSR count). The molecule has 0 bridgehead atoms. The van der Waals surface area contributed by atoms with E-state index in [1.54, 1.807) is 14.0 Å². The fourth-order valence-corrected chi connectivity index (χ4v) is 3.05. The predicted molar refractivity (Wildman–Crippen MR) is 115 cm³/mol. The van der Waals surface area contributed by atoms with Crippen molar-refractivity contribution in [3.8, 4) is 17.2 Å². The van der Waals surface area contributed by atoms with Crippen molar-refractivity contribution in [1.29, 1.82) is 0 Å². The number of rotatable bonds is 8. The van der Waals surface area contributed by atoms with Crippen LogP contribution in [0.15, 0.2) is 60.7 Å². The van der Waals surface area contributed by atoms with Crippen molar-refractivity contribution in [3.05, 3.63) is 66.2 Å². The summed E-state index contributed by atoms with van der Waals surface area (Å²) >= 11 is 0. The summed E-state index contributed by atoms with van der Waals surface area (Å²) in [5.74, 6) is 1.85. The summed E-state index contributed by atoms with van der Waals surface area (Å²) in [7, 11) is 1.60. The molecule has 3 aromatic carbocycles. The van der Waals surface area contributed by atoms with Crippen LogP contribution in [0.2, 0.25) is 0 Å². The molecule has 0 aromatic heterocycles.